The van der Waals surface area contributed by atoms with Gasteiger partial charge in [0.1, 0.15) is 11.6 Å². The van der Waals surface area contributed by atoms with Gasteiger partial charge in [0.25, 0.3) is 0 Å². The Hall–Kier alpha value is -1.23. The molecule has 0 aliphatic carbocycles. The van der Waals surface area contributed by atoms with Crippen molar-refractivity contribution in [3.63, 3.8) is 0 Å². The highest BCUT2D eigenvalue weighted by molar-refractivity contribution is 9.10. The molecule has 1 aromatic carbocycles. The first-order valence-corrected chi connectivity index (χ1v) is 6.58. The molecule has 1 unspecified atom stereocenters. The normalized spacial score (nSPS) is 13.7. The minimum absolute atomic E-state index is 0.146. The van der Waals surface area contributed by atoms with Crippen molar-refractivity contribution < 1.29 is 18.3 Å². The summed E-state index contributed by atoms with van der Waals surface area (Å²) in [5, 5.41) is 0. The van der Waals surface area contributed by atoms with Crippen LogP contribution in [-0.2, 0) is 16.0 Å². The lowest BCUT2D eigenvalue weighted by Crippen LogP contribution is -2.31. The molecule has 1 rings (SSSR count). The van der Waals surface area contributed by atoms with Crippen LogP contribution in [0.4, 0.5) is 8.78 Å². The molecule has 19 heavy (non-hydrogen) atoms. The van der Waals surface area contributed by atoms with Crippen LogP contribution in [0.2, 0.25) is 0 Å². The molecule has 1 aromatic rings. The van der Waals surface area contributed by atoms with Crippen LogP contribution < -0.4 is 0 Å². The molecule has 0 bridgehead atoms. The first kappa shape index (κ1) is 15.8. The Balaban J connectivity index is 3.15. The summed E-state index contributed by atoms with van der Waals surface area (Å²) in [6.45, 7) is 6.96. The Labute approximate surface area is 119 Å². The highest BCUT2D eigenvalue weighted by Crippen LogP contribution is 2.31. The molecule has 0 amide bonds. The predicted octanol–water partition coefficient (Wildman–Crippen LogP) is 4.03. The lowest BCUT2D eigenvalue weighted by molar-refractivity contribution is -0.151. The number of carbonyl (C=O) groups excluding carboxylic acids is 1. The van der Waals surface area contributed by atoms with Gasteiger partial charge >= 0.3 is 5.97 Å². The molecule has 0 aromatic heterocycles. The highest BCUT2D eigenvalue weighted by Gasteiger charge is 2.34. The molecular weight excluding hydrogens is 318 g/mol. The van der Waals surface area contributed by atoms with Crippen LogP contribution >= 0.6 is 15.9 Å². The number of hydrogen-bond acceptors (Lipinski definition) is 2. The molecule has 0 aliphatic heterocycles. The molecule has 0 N–H and O–H groups in total. The van der Waals surface area contributed by atoms with E-state index < -0.39 is 23.0 Å². The fourth-order valence-corrected chi connectivity index (χ4v) is 1.99. The minimum Gasteiger partial charge on any atom is -0.465 e. The number of esters is 1. The molecule has 0 aliphatic rings. The molecule has 1 atom stereocenters. The zero-order valence-electron chi connectivity index (χ0n) is 10.8. The summed E-state index contributed by atoms with van der Waals surface area (Å²) in [7, 11) is 0. The average molecular weight is 333 g/mol. The van der Waals surface area contributed by atoms with Gasteiger partial charge in [0, 0.05) is 5.56 Å². The average Bonchev–Trinajstić information content (AvgIpc) is 2.39. The molecule has 0 saturated heterocycles. The van der Waals surface area contributed by atoms with Crippen LogP contribution in [0.5, 0.6) is 0 Å². The van der Waals surface area contributed by atoms with Crippen LogP contribution in [0.25, 0.3) is 0 Å². The van der Waals surface area contributed by atoms with E-state index in [-0.39, 0.29) is 23.1 Å². The molecular formula is C14H15BrF2O2. The fraction of sp³-hybridized carbons (Fsp3) is 0.357. The summed E-state index contributed by atoms with van der Waals surface area (Å²) in [6.07, 6.45) is 1.21. The van der Waals surface area contributed by atoms with Crippen molar-refractivity contribution in [1.29, 1.82) is 0 Å². The summed E-state index contributed by atoms with van der Waals surface area (Å²) < 4.78 is 32.7. The van der Waals surface area contributed by atoms with Gasteiger partial charge in [-0.1, -0.05) is 6.08 Å². The van der Waals surface area contributed by atoms with Crippen molar-refractivity contribution in [2.45, 2.75) is 20.3 Å². The van der Waals surface area contributed by atoms with E-state index >= 15 is 0 Å². The second-order valence-electron chi connectivity index (χ2n) is 4.34. The van der Waals surface area contributed by atoms with Gasteiger partial charge in [-0.25, -0.2) is 8.78 Å². The topological polar surface area (TPSA) is 26.3 Å². The molecule has 104 valence electrons. The van der Waals surface area contributed by atoms with E-state index in [0.29, 0.717) is 0 Å². The van der Waals surface area contributed by atoms with Gasteiger partial charge in [0.05, 0.1) is 16.5 Å². The van der Waals surface area contributed by atoms with Crippen LogP contribution in [0, 0.1) is 17.0 Å². The molecule has 2 nitrogen and oxygen atoms in total. The quantitative estimate of drug-likeness (QED) is 0.462. The van der Waals surface area contributed by atoms with Gasteiger partial charge in [-0.2, -0.15) is 0 Å². The molecule has 0 saturated carbocycles. The van der Waals surface area contributed by atoms with E-state index in [9.17, 15) is 13.6 Å². The Bertz CT molecular complexity index is 502. The summed E-state index contributed by atoms with van der Waals surface area (Å²) in [4.78, 5) is 11.9. The number of rotatable bonds is 5. The zero-order valence-corrected chi connectivity index (χ0v) is 12.4. The number of hydrogen-bond donors (Lipinski definition) is 0. The summed E-state index contributed by atoms with van der Waals surface area (Å²) in [5.74, 6) is -1.96. The van der Waals surface area contributed by atoms with Gasteiger partial charge in [-0.05, 0) is 48.3 Å². The van der Waals surface area contributed by atoms with E-state index in [2.05, 4.69) is 22.5 Å². The van der Waals surface area contributed by atoms with E-state index in [0.717, 1.165) is 6.07 Å². The van der Waals surface area contributed by atoms with Crippen LogP contribution in [0.3, 0.4) is 0 Å². The van der Waals surface area contributed by atoms with Crippen LogP contribution in [0.15, 0.2) is 29.3 Å². The second kappa shape index (κ2) is 6.28. The smallest absolute Gasteiger partial charge is 0.315 e. The number of ether oxygens (including phenoxy) is 1. The second-order valence-corrected chi connectivity index (χ2v) is 5.19. The lowest BCUT2D eigenvalue weighted by atomic mass is 9.83. The maximum atomic E-state index is 13.9. The standard InChI is InChI=1S/C14H15BrF2O2/c1-4-14(3,13(18)19-5-2)8-9-11(16)7-6-10(15)12(9)17/h4,6-7H,1,5,8H2,2-3H3. The molecule has 5 heteroatoms. The first-order valence-electron chi connectivity index (χ1n) is 5.79. The van der Waals surface area contributed by atoms with E-state index in [1.165, 1.54) is 19.1 Å². The molecule has 0 radical (unpaired) electrons. The SMILES string of the molecule is C=CC(C)(Cc1c(F)ccc(Br)c1F)C(=O)OCC. The van der Waals surface area contributed by atoms with Gasteiger partial charge in [0.15, 0.2) is 0 Å². The fourth-order valence-electron chi connectivity index (χ4n) is 1.62. The molecule has 0 fully saturated rings. The molecule has 0 heterocycles. The van der Waals surface area contributed by atoms with Crippen LogP contribution in [-0.4, -0.2) is 12.6 Å². The van der Waals surface area contributed by atoms with Crippen molar-refractivity contribution in [2.24, 2.45) is 5.41 Å². The van der Waals surface area contributed by atoms with Crippen molar-refractivity contribution in [2.75, 3.05) is 6.61 Å². The van der Waals surface area contributed by atoms with Crippen molar-refractivity contribution in [3.05, 3.63) is 46.5 Å². The van der Waals surface area contributed by atoms with Crippen LogP contribution in [0.1, 0.15) is 19.4 Å². The van der Waals surface area contributed by atoms with E-state index in [4.69, 9.17) is 4.74 Å². The van der Waals surface area contributed by atoms with Gasteiger partial charge in [-0.3, -0.25) is 4.79 Å². The van der Waals surface area contributed by atoms with E-state index in [1.54, 1.807) is 6.92 Å². The monoisotopic (exact) mass is 332 g/mol. The maximum absolute atomic E-state index is 13.9. The number of carbonyl (C=O) groups is 1. The van der Waals surface area contributed by atoms with Crippen molar-refractivity contribution in [3.8, 4) is 0 Å². The molecule has 0 spiro atoms. The predicted molar refractivity (Wildman–Crippen MR) is 72.7 cm³/mol. The summed E-state index contributed by atoms with van der Waals surface area (Å²) in [6, 6.07) is 2.43. The zero-order chi connectivity index (χ0) is 14.6. The Morgan fingerprint density at radius 3 is 2.68 bits per heavy atom. The third-order valence-electron chi connectivity index (χ3n) is 2.88. The Morgan fingerprint density at radius 1 is 1.53 bits per heavy atom. The van der Waals surface area contributed by atoms with Gasteiger partial charge in [0.2, 0.25) is 0 Å². The lowest BCUT2D eigenvalue weighted by Gasteiger charge is -2.24. The summed E-state index contributed by atoms with van der Waals surface area (Å²) in [5.41, 5.74) is -1.33. The first-order chi connectivity index (χ1) is 8.85. The maximum Gasteiger partial charge on any atom is 0.315 e. The minimum atomic E-state index is -1.17. The van der Waals surface area contributed by atoms with E-state index in [1.807, 2.05) is 0 Å². The number of halogens is 3. The number of benzene rings is 1. The van der Waals surface area contributed by atoms with Gasteiger partial charge < -0.3 is 4.74 Å². The third-order valence-corrected chi connectivity index (χ3v) is 3.49. The van der Waals surface area contributed by atoms with Crippen molar-refractivity contribution in [1.82, 2.24) is 0 Å². The third kappa shape index (κ3) is 3.41. The summed E-state index contributed by atoms with van der Waals surface area (Å²) >= 11 is 2.99. The Morgan fingerprint density at radius 2 is 2.16 bits per heavy atom. The highest BCUT2D eigenvalue weighted by atomic mass is 79.9. The van der Waals surface area contributed by atoms with Crippen molar-refractivity contribution >= 4 is 21.9 Å². The Kier molecular flexibility index (Phi) is 5.23. The van der Waals surface area contributed by atoms with Gasteiger partial charge in [-0.15, -0.1) is 6.58 Å². The largest absolute Gasteiger partial charge is 0.465 e.